The summed E-state index contributed by atoms with van der Waals surface area (Å²) in [6.45, 7) is 1.59. The molecule has 0 aliphatic rings. The Hall–Kier alpha value is -2.49. The Labute approximate surface area is 177 Å². The highest BCUT2D eigenvalue weighted by molar-refractivity contribution is 9.10. The molecule has 1 unspecified atom stereocenters. The molecule has 2 aromatic carbocycles. The Morgan fingerprint density at radius 3 is 2.38 bits per heavy atom. The zero-order valence-corrected chi connectivity index (χ0v) is 18.0. The van der Waals surface area contributed by atoms with Gasteiger partial charge in [0.25, 0.3) is 0 Å². The number of sulfonamides is 1. The molecule has 0 spiro atoms. The molecule has 0 bridgehead atoms. The summed E-state index contributed by atoms with van der Waals surface area (Å²) in [6.07, 6.45) is 1.36. The summed E-state index contributed by atoms with van der Waals surface area (Å²) in [6, 6.07) is 14.3. The monoisotopic (exact) mass is 481 g/mol. The van der Waals surface area contributed by atoms with Crippen LogP contribution < -0.4 is 4.72 Å². The van der Waals surface area contributed by atoms with Crippen LogP contribution in [0.15, 0.2) is 76.1 Å². The molecule has 0 saturated carbocycles. The summed E-state index contributed by atoms with van der Waals surface area (Å²) < 4.78 is 38.2. The Morgan fingerprint density at radius 2 is 1.76 bits per heavy atom. The zero-order chi connectivity index (χ0) is 21.3. The molecule has 2 aromatic rings. The van der Waals surface area contributed by atoms with Crippen LogP contribution in [0.2, 0.25) is 0 Å². The topological polar surface area (TPSA) is 98.8 Å². The van der Waals surface area contributed by atoms with E-state index in [1.165, 1.54) is 18.2 Å². The minimum Gasteiger partial charge on any atom is -0.463 e. The Balaban J connectivity index is 2.12. The second-order valence-electron chi connectivity index (χ2n) is 5.73. The molecule has 7 nitrogen and oxygen atoms in total. The summed E-state index contributed by atoms with van der Waals surface area (Å²) in [5, 5.41) is 0. The molecule has 0 aromatic heterocycles. The number of ether oxygens (including phenoxy) is 2. The number of hydrogen-bond acceptors (Lipinski definition) is 6. The van der Waals surface area contributed by atoms with Crippen LogP contribution in [-0.2, 0) is 24.3 Å². The number of benzene rings is 2. The van der Waals surface area contributed by atoms with Crippen molar-refractivity contribution in [2.45, 2.75) is 17.9 Å². The number of esters is 2. The molecule has 0 heterocycles. The van der Waals surface area contributed by atoms with Crippen LogP contribution in [-0.4, -0.2) is 39.6 Å². The van der Waals surface area contributed by atoms with Gasteiger partial charge in [-0.2, -0.15) is 0 Å². The van der Waals surface area contributed by atoms with E-state index in [9.17, 15) is 18.0 Å². The van der Waals surface area contributed by atoms with E-state index in [0.717, 1.165) is 10.5 Å². The van der Waals surface area contributed by atoms with Crippen molar-refractivity contribution in [1.29, 1.82) is 0 Å². The van der Waals surface area contributed by atoms with E-state index < -0.39 is 28.1 Å². The van der Waals surface area contributed by atoms with Gasteiger partial charge in [-0.3, -0.25) is 0 Å². The predicted molar refractivity (Wildman–Crippen MR) is 111 cm³/mol. The molecule has 154 valence electrons. The third-order valence-corrected chi connectivity index (χ3v) is 5.57. The first-order valence-corrected chi connectivity index (χ1v) is 11.0. The molecule has 29 heavy (non-hydrogen) atoms. The van der Waals surface area contributed by atoms with Crippen molar-refractivity contribution in [3.8, 4) is 0 Å². The molecule has 0 aliphatic heterocycles. The van der Waals surface area contributed by atoms with Crippen LogP contribution in [0.3, 0.4) is 0 Å². The van der Waals surface area contributed by atoms with E-state index in [2.05, 4.69) is 20.7 Å². The highest BCUT2D eigenvalue weighted by Gasteiger charge is 2.19. The van der Waals surface area contributed by atoms with Gasteiger partial charge in [-0.05, 0) is 49.4 Å². The molecular formula is C20H20BrNO6S. The van der Waals surface area contributed by atoms with Gasteiger partial charge in [-0.25, -0.2) is 22.7 Å². The van der Waals surface area contributed by atoms with Gasteiger partial charge in [0.2, 0.25) is 10.0 Å². The lowest BCUT2D eigenvalue weighted by molar-refractivity contribution is -0.137. The van der Waals surface area contributed by atoms with E-state index in [4.69, 9.17) is 9.47 Å². The van der Waals surface area contributed by atoms with Crippen molar-refractivity contribution in [1.82, 2.24) is 4.72 Å². The fourth-order valence-electron chi connectivity index (χ4n) is 2.19. The van der Waals surface area contributed by atoms with Crippen LogP contribution in [0.1, 0.15) is 17.3 Å². The number of rotatable bonds is 9. The number of nitrogens with one attached hydrogen (secondary N) is 1. The van der Waals surface area contributed by atoms with Crippen molar-refractivity contribution >= 4 is 37.9 Å². The first kappa shape index (κ1) is 22.8. The smallest absolute Gasteiger partial charge is 0.338 e. The fraction of sp³-hybridized carbons (Fsp3) is 0.200. The van der Waals surface area contributed by atoms with Crippen LogP contribution in [0.4, 0.5) is 0 Å². The quantitative estimate of drug-likeness (QED) is 0.436. The zero-order valence-electron chi connectivity index (χ0n) is 15.6. The SMILES string of the molecule is CCOC(=O)/C=C/C(CNS(=O)(=O)c1ccc(Br)cc1)OC(=O)c1ccccc1. The summed E-state index contributed by atoms with van der Waals surface area (Å²) in [7, 11) is -3.83. The first-order valence-electron chi connectivity index (χ1n) is 8.68. The van der Waals surface area contributed by atoms with Gasteiger partial charge in [0, 0.05) is 10.5 Å². The second-order valence-corrected chi connectivity index (χ2v) is 8.41. The molecule has 9 heteroatoms. The lowest BCUT2D eigenvalue weighted by Gasteiger charge is -2.16. The normalized spacial score (nSPS) is 12.5. The van der Waals surface area contributed by atoms with Gasteiger partial charge in [-0.1, -0.05) is 34.1 Å². The number of hydrogen-bond donors (Lipinski definition) is 1. The molecule has 0 saturated heterocycles. The summed E-state index contributed by atoms with van der Waals surface area (Å²) in [5.41, 5.74) is 0.304. The third-order valence-electron chi connectivity index (χ3n) is 3.60. The van der Waals surface area contributed by atoms with E-state index in [-0.39, 0.29) is 18.0 Å². The maximum absolute atomic E-state index is 12.5. The van der Waals surface area contributed by atoms with Crippen LogP contribution >= 0.6 is 15.9 Å². The van der Waals surface area contributed by atoms with Gasteiger partial charge in [-0.15, -0.1) is 0 Å². The average molecular weight is 482 g/mol. The molecule has 1 N–H and O–H groups in total. The Bertz CT molecular complexity index is 958. The molecule has 0 aliphatic carbocycles. The van der Waals surface area contributed by atoms with Crippen molar-refractivity contribution in [2.24, 2.45) is 0 Å². The molecule has 0 fully saturated rings. The Kier molecular flexibility index (Phi) is 8.56. The summed E-state index contributed by atoms with van der Waals surface area (Å²) >= 11 is 3.24. The maximum Gasteiger partial charge on any atom is 0.338 e. The fourth-order valence-corrected chi connectivity index (χ4v) is 3.50. The molecule has 0 radical (unpaired) electrons. The number of halogens is 1. The van der Waals surface area contributed by atoms with E-state index in [1.54, 1.807) is 49.4 Å². The van der Waals surface area contributed by atoms with Gasteiger partial charge in [0.05, 0.1) is 23.6 Å². The predicted octanol–water partition coefficient (Wildman–Crippen LogP) is 3.07. The Morgan fingerprint density at radius 1 is 1.10 bits per heavy atom. The standard InChI is InChI=1S/C20H20BrNO6S/c1-2-27-19(23)13-10-17(28-20(24)15-6-4-3-5-7-15)14-22-29(25,26)18-11-8-16(21)9-12-18/h3-13,17,22H,2,14H2,1H3/b13-10+. The van der Waals surface area contributed by atoms with E-state index in [1.807, 2.05) is 0 Å². The first-order chi connectivity index (χ1) is 13.8. The number of carbonyl (C=O) groups excluding carboxylic acids is 2. The van der Waals surface area contributed by atoms with Gasteiger partial charge in [0.15, 0.2) is 0 Å². The van der Waals surface area contributed by atoms with Crippen molar-refractivity contribution in [3.05, 3.63) is 76.8 Å². The minimum absolute atomic E-state index is 0.0585. The highest BCUT2D eigenvalue weighted by Crippen LogP contribution is 2.15. The van der Waals surface area contributed by atoms with Crippen LogP contribution in [0.25, 0.3) is 0 Å². The summed E-state index contributed by atoms with van der Waals surface area (Å²) in [4.78, 5) is 23.9. The lowest BCUT2D eigenvalue weighted by Crippen LogP contribution is -2.34. The molecule has 2 rings (SSSR count). The van der Waals surface area contributed by atoms with E-state index >= 15 is 0 Å². The molecular weight excluding hydrogens is 462 g/mol. The number of carbonyl (C=O) groups is 2. The van der Waals surface area contributed by atoms with Crippen molar-refractivity contribution in [3.63, 3.8) is 0 Å². The second kappa shape index (κ2) is 10.9. The summed E-state index contributed by atoms with van der Waals surface area (Å²) in [5.74, 6) is -1.27. The van der Waals surface area contributed by atoms with E-state index in [0.29, 0.717) is 5.56 Å². The molecule has 1 atom stereocenters. The van der Waals surface area contributed by atoms with Crippen LogP contribution in [0, 0.1) is 0 Å². The van der Waals surface area contributed by atoms with Gasteiger partial charge in [0.1, 0.15) is 6.10 Å². The molecule has 0 amide bonds. The highest BCUT2D eigenvalue weighted by atomic mass is 79.9. The largest absolute Gasteiger partial charge is 0.463 e. The minimum atomic E-state index is -3.83. The lowest BCUT2D eigenvalue weighted by atomic mass is 10.2. The van der Waals surface area contributed by atoms with Gasteiger partial charge >= 0.3 is 11.9 Å². The van der Waals surface area contributed by atoms with Crippen molar-refractivity contribution < 1.29 is 27.5 Å². The third kappa shape index (κ3) is 7.45. The van der Waals surface area contributed by atoms with Gasteiger partial charge < -0.3 is 9.47 Å². The van der Waals surface area contributed by atoms with Crippen molar-refractivity contribution in [2.75, 3.05) is 13.2 Å². The van der Waals surface area contributed by atoms with Crippen LogP contribution in [0.5, 0.6) is 0 Å². The average Bonchev–Trinajstić information content (AvgIpc) is 2.71. The maximum atomic E-state index is 12.5.